The van der Waals surface area contributed by atoms with Crippen molar-refractivity contribution in [3.05, 3.63) is 77.6 Å². The summed E-state index contributed by atoms with van der Waals surface area (Å²) < 4.78 is 28.3. The topological polar surface area (TPSA) is 138 Å². The number of nitrogens with one attached hydrogen (secondary N) is 2. The van der Waals surface area contributed by atoms with Crippen molar-refractivity contribution in [3.63, 3.8) is 0 Å². The number of aryl methyl sites for hydroxylation is 2. The van der Waals surface area contributed by atoms with Crippen LogP contribution in [0.15, 0.2) is 65.6 Å². The van der Waals surface area contributed by atoms with Gasteiger partial charge in [0.05, 0.1) is 10.3 Å². The molecule has 2 N–H and O–H groups in total. The average Bonchev–Trinajstić information content (AvgIpc) is 3.10. The number of amides is 3. The number of nitrogens with zero attached hydrogens (tertiary/aromatic N) is 3. The third-order valence-corrected chi connectivity index (χ3v) is 10.3. The van der Waals surface area contributed by atoms with E-state index in [0.717, 1.165) is 5.56 Å². The van der Waals surface area contributed by atoms with Gasteiger partial charge in [0.2, 0.25) is 23.7 Å². The van der Waals surface area contributed by atoms with Gasteiger partial charge in [0.15, 0.2) is 0 Å². The number of rotatable bonds is 8. The number of carbonyl (C=O) groups is 3. The summed E-state index contributed by atoms with van der Waals surface area (Å²) in [5.41, 5.74) is 1.11. The molecule has 2 heterocycles. The molecule has 1 aliphatic heterocycles. The van der Waals surface area contributed by atoms with E-state index in [2.05, 4.69) is 20.0 Å². The molecule has 220 valence electrons. The van der Waals surface area contributed by atoms with Gasteiger partial charge in [0.25, 0.3) is 10.0 Å². The van der Waals surface area contributed by atoms with Crippen LogP contribution in [0.2, 0.25) is 0 Å². The molecule has 3 aromatic rings. The Morgan fingerprint density at radius 1 is 1.00 bits per heavy atom. The quantitative estimate of drug-likeness (QED) is 0.375. The van der Waals surface area contributed by atoms with E-state index in [4.69, 9.17) is 0 Å². The summed E-state index contributed by atoms with van der Waals surface area (Å²) in [6, 6.07) is 15.5. The zero-order valence-corrected chi connectivity index (χ0v) is 25.2. The maximum absolute atomic E-state index is 13.9. The Balaban J connectivity index is 1.40. The highest BCUT2D eigenvalue weighted by atomic mass is 32.2. The minimum absolute atomic E-state index is 0.0321. The average molecular weight is 590 g/mol. The molecule has 1 saturated heterocycles. The van der Waals surface area contributed by atoms with Crippen LogP contribution in [0, 0.1) is 30.6 Å². The van der Waals surface area contributed by atoms with E-state index < -0.39 is 32.8 Å². The van der Waals surface area contributed by atoms with Crippen molar-refractivity contribution in [3.8, 4) is 0 Å². The van der Waals surface area contributed by atoms with Crippen LogP contribution in [0.5, 0.6) is 0 Å². The Labute approximate surface area is 246 Å². The highest BCUT2D eigenvalue weighted by molar-refractivity contribution is 7.92. The lowest BCUT2D eigenvalue weighted by Gasteiger charge is -2.49. The third kappa shape index (κ3) is 5.17. The molecular formula is C31H35N5O5S. The molecule has 0 radical (unpaired) electrons. The molecule has 3 amide bonds. The molecule has 42 heavy (non-hydrogen) atoms. The molecule has 10 nitrogen and oxygen atoms in total. The number of hydrogen-bond acceptors (Lipinski definition) is 7. The Morgan fingerprint density at radius 3 is 2.24 bits per heavy atom. The zero-order valence-electron chi connectivity index (χ0n) is 24.3. The second kappa shape index (κ2) is 10.6. The summed E-state index contributed by atoms with van der Waals surface area (Å²) in [4.78, 5) is 50.8. The van der Waals surface area contributed by atoms with Gasteiger partial charge in [-0.25, -0.2) is 23.1 Å². The maximum Gasteiger partial charge on any atom is 0.264 e. The molecule has 1 aliphatic carbocycles. The molecule has 3 atom stereocenters. The van der Waals surface area contributed by atoms with Gasteiger partial charge in [0, 0.05) is 29.4 Å². The number of sulfonamides is 1. The fourth-order valence-corrected chi connectivity index (χ4v) is 7.12. The lowest BCUT2D eigenvalue weighted by atomic mass is 9.62. The number of aromatic nitrogens is 2. The van der Waals surface area contributed by atoms with Gasteiger partial charge in [-0.05, 0) is 68.0 Å². The van der Waals surface area contributed by atoms with Crippen LogP contribution in [0.1, 0.15) is 50.6 Å². The van der Waals surface area contributed by atoms with Crippen LogP contribution < -0.4 is 10.0 Å². The van der Waals surface area contributed by atoms with Crippen molar-refractivity contribution in [1.29, 1.82) is 0 Å². The number of likely N-dealkylation sites (tertiary alicyclic amines) is 1. The molecule has 1 saturated carbocycles. The predicted octanol–water partition coefficient (Wildman–Crippen LogP) is 4.26. The van der Waals surface area contributed by atoms with Crippen molar-refractivity contribution < 1.29 is 22.8 Å². The Kier molecular flexibility index (Phi) is 7.42. The first-order chi connectivity index (χ1) is 19.7. The van der Waals surface area contributed by atoms with Crippen LogP contribution in [0.25, 0.3) is 0 Å². The van der Waals surface area contributed by atoms with Crippen molar-refractivity contribution in [2.24, 2.45) is 16.7 Å². The van der Waals surface area contributed by atoms with Gasteiger partial charge in [-0.1, -0.05) is 51.1 Å². The lowest BCUT2D eigenvalue weighted by Crippen LogP contribution is -2.64. The predicted molar refractivity (Wildman–Crippen MR) is 158 cm³/mol. The summed E-state index contributed by atoms with van der Waals surface area (Å²) >= 11 is 0. The molecule has 2 bridgehead atoms. The number of benzene rings is 2. The van der Waals surface area contributed by atoms with E-state index in [9.17, 15) is 22.8 Å². The summed E-state index contributed by atoms with van der Waals surface area (Å²) in [7, 11) is -3.99. The second-order valence-electron chi connectivity index (χ2n) is 12.0. The standard InChI is InChI=1S/C31H35N5O5S/c1-19-17-20(2)33-29(32-19)35-42(40,41)23-13-11-22(12-14-23)34-26(37)25(18-21-9-7-6-8-10-21)36-27(38)24-15-16-31(5,28(36)39)30(24,3)4/h6-14,17,24-25H,15-16,18H2,1-5H3,(H,34,37)(H,32,33,35). The summed E-state index contributed by atoms with van der Waals surface area (Å²) in [5, 5.41) is 2.80. The lowest BCUT2D eigenvalue weighted by molar-refractivity contribution is -0.172. The van der Waals surface area contributed by atoms with E-state index in [1.165, 1.54) is 29.2 Å². The highest BCUT2D eigenvalue weighted by Gasteiger charge is 2.65. The number of piperidine rings is 1. The number of anilines is 2. The molecule has 0 spiro atoms. The zero-order chi connectivity index (χ0) is 30.4. The summed E-state index contributed by atoms with van der Waals surface area (Å²) in [6.45, 7) is 9.29. The van der Waals surface area contributed by atoms with Crippen LogP contribution in [0.3, 0.4) is 0 Å². The van der Waals surface area contributed by atoms with Crippen molar-refractivity contribution in [2.45, 2.75) is 64.8 Å². The van der Waals surface area contributed by atoms with Gasteiger partial charge < -0.3 is 5.32 Å². The Hall–Kier alpha value is -4.12. The summed E-state index contributed by atoms with van der Waals surface area (Å²) in [5.74, 6) is -1.57. The molecule has 11 heteroatoms. The molecule has 2 aliphatic rings. The first-order valence-electron chi connectivity index (χ1n) is 13.9. The van der Waals surface area contributed by atoms with Crippen LogP contribution in [-0.4, -0.2) is 47.0 Å². The molecule has 5 rings (SSSR count). The van der Waals surface area contributed by atoms with Gasteiger partial charge in [-0.15, -0.1) is 0 Å². The van der Waals surface area contributed by atoms with E-state index in [-0.39, 0.29) is 35.0 Å². The van der Waals surface area contributed by atoms with E-state index in [1.54, 1.807) is 19.9 Å². The van der Waals surface area contributed by atoms with Gasteiger partial charge >= 0.3 is 0 Å². The number of carbonyl (C=O) groups excluding carboxylic acids is 3. The summed E-state index contributed by atoms with van der Waals surface area (Å²) in [6.07, 6.45) is 1.34. The highest BCUT2D eigenvalue weighted by Crippen LogP contribution is 2.60. The van der Waals surface area contributed by atoms with Crippen molar-refractivity contribution in [2.75, 3.05) is 10.0 Å². The fourth-order valence-electron chi connectivity index (χ4n) is 6.18. The Bertz CT molecular complexity index is 1640. The number of hydrogen-bond donors (Lipinski definition) is 2. The normalized spacial score (nSPS) is 22.1. The van der Waals surface area contributed by atoms with Crippen molar-refractivity contribution >= 4 is 39.4 Å². The first-order valence-corrected chi connectivity index (χ1v) is 15.4. The minimum Gasteiger partial charge on any atom is -0.324 e. The van der Waals surface area contributed by atoms with Crippen LogP contribution in [0.4, 0.5) is 11.6 Å². The van der Waals surface area contributed by atoms with Crippen LogP contribution in [-0.2, 0) is 30.8 Å². The second-order valence-corrected chi connectivity index (χ2v) is 13.6. The van der Waals surface area contributed by atoms with Crippen LogP contribution >= 0.6 is 0 Å². The largest absolute Gasteiger partial charge is 0.324 e. The third-order valence-electron chi connectivity index (χ3n) is 8.98. The SMILES string of the molecule is Cc1cc(C)nc(NS(=O)(=O)c2ccc(NC(=O)C(Cc3ccccc3)N3C(=O)C4CCC(C)(C3=O)C4(C)C)cc2)n1. The molecule has 2 fully saturated rings. The first kappa shape index (κ1) is 29.4. The van der Waals surface area contributed by atoms with Gasteiger partial charge in [-0.2, -0.15) is 0 Å². The van der Waals surface area contributed by atoms with E-state index >= 15 is 0 Å². The van der Waals surface area contributed by atoms with E-state index in [0.29, 0.717) is 29.9 Å². The molecule has 2 aromatic carbocycles. The van der Waals surface area contributed by atoms with Gasteiger partial charge in [-0.3, -0.25) is 19.3 Å². The number of fused-ring (bicyclic) bond motifs is 2. The maximum atomic E-state index is 13.9. The Morgan fingerprint density at radius 2 is 1.62 bits per heavy atom. The molecule has 1 aromatic heterocycles. The van der Waals surface area contributed by atoms with Crippen molar-refractivity contribution in [1.82, 2.24) is 14.9 Å². The minimum atomic E-state index is -3.99. The molecule has 3 unspecified atom stereocenters. The smallest absolute Gasteiger partial charge is 0.264 e. The fraction of sp³-hybridized carbons (Fsp3) is 0.387. The van der Waals surface area contributed by atoms with Gasteiger partial charge in [0.1, 0.15) is 6.04 Å². The molecular weight excluding hydrogens is 554 g/mol. The monoisotopic (exact) mass is 589 g/mol. The van der Waals surface area contributed by atoms with E-state index in [1.807, 2.05) is 51.1 Å². The number of imide groups is 1.